The molecular formula is C24H23N5O. The maximum absolute atomic E-state index is 13.5. The number of hydrogen-bond donors (Lipinski definition) is 0. The molecule has 0 saturated carbocycles. The molecule has 0 saturated heterocycles. The molecule has 0 fully saturated rings. The molecule has 6 nitrogen and oxygen atoms in total. The zero-order chi connectivity index (χ0) is 21.0. The third-order valence-electron chi connectivity index (χ3n) is 6.00. The number of benzene rings is 2. The summed E-state index contributed by atoms with van der Waals surface area (Å²) in [6, 6.07) is 14.0. The minimum atomic E-state index is -0.0773. The summed E-state index contributed by atoms with van der Waals surface area (Å²) in [5.74, 6) is 0. The molecule has 0 amide bonds. The van der Waals surface area contributed by atoms with Gasteiger partial charge in [0.25, 0.3) is 5.56 Å². The number of para-hydroxylation sites is 2. The third-order valence-corrected chi connectivity index (χ3v) is 6.00. The molecule has 150 valence electrons. The number of hydrogen-bond acceptors (Lipinski definition) is 4. The first-order chi connectivity index (χ1) is 14.5. The molecule has 0 N–H and O–H groups in total. The molecule has 0 aliphatic rings. The maximum atomic E-state index is 13.5. The second-order valence-corrected chi connectivity index (χ2v) is 7.90. The second-order valence-electron chi connectivity index (χ2n) is 7.90. The van der Waals surface area contributed by atoms with Crippen LogP contribution >= 0.6 is 0 Å². The van der Waals surface area contributed by atoms with Crippen molar-refractivity contribution in [1.29, 1.82) is 0 Å². The van der Waals surface area contributed by atoms with Crippen LogP contribution in [-0.2, 0) is 0 Å². The molecule has 0 bridgehead atoms. The summed E-state index contributed by atoms with van der Waals surface area (Å²) in [6.07, 6.45) is 2.49. The quantitative estimate of drug-likeness (QED) is 0.436. The normalized spacial score (nSPS) is 12.8. The summed E-state index contributed by atoms with van der Waals surface area (Å²) >= 11 is 0. The SMILES string of the molecule is CC[C@@H](C)n1cnc2c(c1=O)c1nc3ccccc3nc1n2-c1ccc(C)c(C)c1. The second kappa shape index (κ2) is 6.76. The van der Waals surface area contributed by atoms with E-state index in [1.807, 2.05) is 41.8 Å². The van der Waals surface area contributed by atoms with Crippen LogP contribution in [0.2, 0.25) is 0 Å². The molecule has 0 aliphatic heterocycles. The lowest BCUT2D eigenvalue weighted by Crippen LogP contribution is -2.23. The van der Waals surface area contributed by atoms with Crippen molar-refractivity contribution in [1.82, 2.24) is 24.1 Å². The van der Waals surface area contributed by atoms with Gasteiger partial charge in [0.15, 0.2) is 11.3 Å². The Morgan fingerprint density at radius 3 is 2.40 bits per heavy atom. The first-order valence-electron chi connectivity index (χ1n) is 10.2. The highest BCUT2D eigenvalue weighted by molar-refractivity contribution is 6.05. The van der Waals surface area contributed by atoms with Crippen LogP contribution in [0.3, 0.4) is 0 Å². The number of aryl methyl sites for hydroxylation is 2. The Hall–Kier alpha value is -3.54. The molecule has 0 unspecified atom stereocenters. The van der Waals surface area contributed by atoms with Crippen molar-refractivity contribution in [3.63, 3.8) is 0 Å². The molecule has 30 heavy (non-hydrogen) atoms. The fourth-order valence-corrected chi connectivity index (χ4v) is 3.87. The summed E-state index contributed by atoms with van der Waals surface area (Å²) in [5.41, 5.74) is 6.63. The highest BCUT2D eigenvalue weighted by atomic mass is 16.1. The zero-order valence-corrected chi connectivity index (χ0v) is 17.5. The van der Waals surface area contributed by atoms with Crippen LogP contribution in [-0.4, -0.2) is 24.1 Å². The number of nitrogens with zero attached hydrogens (tertiary/aromatic N) is 5. The topological polar surface area (TPSA) is 65.6 Å². The molecule has 0 spiro atoms. The first-order valence-corrected chi connectivity index (χ1v) is 10.2. The van der Waals surface area contributed by atoms with Gasteiger partial charge in [-0.15, -0.1) is 0 Å². The van der Waals surface area contributed by atoms with Gasteiger partial charge in [-0.2, -0.15) is 0 Å². The van der Waals surface area contributed by atoms with Crippen molar-refractivity contribution in [3.8, 4) is 5.69 Å². The van der Waals surface area contributed by atoms with E-state index in [1.165, 1.54) is 11.1 Å². The minimum absolute atomic E-state index is 0.0582. The van der Waals surface area contributed by atoms with Crippen LogP contribution in [0.5, 0.6) is 0 Å². The van der Waals surface area contributed by atoms with Crippen LogP contribution in [0.15, 0.2) is 53.6 Å². The molecule has 1 atom stereocenters. The van der Waals surface area contributed by atoms with Crippen LogP contribution in [0.1, 0.15) is 37.4 Å². The van der Waals surface area contributed by atoms with E-state index in [4.69, 9.17) is 15.0 Å². The first kappa shape index (κ1) is 18.5. The summed E-state index contributed by atoms with van der Waals surface area (Å²) in [7, 11) is 0. The van der Waals surface area contributed by atoms with Crippen molar-refractivity contribution < 1.29 is 0 Å². The Morgan fingerprint density at radius 2 is 1.70 bits per heavy atom. The van der Waals surface area contributed by atoms with E-state index in [0.717, 1.165) is 23.1 Å². The van der Waals surface area contributed by atoms with Crippen LogP contribution in [0, 0.1) is 13.8 Å². The van der Waals surface area contributed by atoms with E-state index in [-0.39, 0.29) is 11.6 Å². The maximum Gasteiger partial charge on any atom is 0.265 e. The van der Waals surface area contributed by atoms with Gasteiger partial charge in [0.2, 0.25) is 0 Å². The van der Waals surface area contributed by atoms with Gasteiger partial charge < -0.3 is 0 Å². The van der Waals surface area contributed by atoms with Crippen molar-refractivity contribution in [3.05, 3.63) is 70.3 Å². The van der Waals surface area contributed by atoms with E-state index in [1.54, 1.807) is 10.9 Å². The van der Waals surface area contributed by atoms with Gasteiger partial charge in [-0.25, -0.2) is 15.0 Å². The Labute approximate surface area is 173 Å². The van der Waals surface area contributed by atoms with Gasteiger partial charge in [0.1, 0.15) is 17.2 Å². The van der Waals surface area contributed by atoms with Crippen molar-refractivity contribution >= 4 is 33.2 Å². The standard InChI is InChI=1S/C24H23N5O/c1-5-16(4)28-13-25-22-20(24(28)30)21-23(27-19-9-7-6-8-18(19)26-21)29(22)17-11-10-14(2)15(3)12-17/h6-13,16H,5H2,1-4H3/t16-/m1/s1. The molecule has 5 aromatic rings. The number of rotatable bonds is 3. The zero-order valence-electron chi connectivity index (χ0n) is 17.5. The lowest BCUT2D eigenvalue weighted by atomic mass is 10.1. The van der Waals surface area contributed by atoms with E-state index >= 15 is 0 Å². The van der Waals surface area contributed by atoms with Gasteiger partial charge >= 0.3 is 0 Å². The highest BCUT2D eigenvalue weighted by Crippen LogP contribution is 2.29. The van der Waals surface area contributed by atoms with Gasteiger partial charge in [0, 0.05) is 11.7 Å². The van der Waals surface area contributed by atoms with E-state index in [0.29, 0.717) is 22.2 Å². The summed E-state index contributed by atoms with van der Waals surface area (Å²) in [6.45, 7) is 8.25. The summed E-state index contributed by atoms with van der Waals surface area (Å²) in [4.78, 5) is 27.9. The van der Waals surface area contributed by atoms with E-state index in [9.17, 15) is 4.79 Å². The smallest absolute Gasteiger partial charge is 0.265 e. The average molecular weight is 397 g/mol. The predicted octanol–water partition coefficient (Wildman–Crippen LogP) is 4.87. The molecular weight excluding hydrogens is 374 g/mol. The van der Waals surface area contributed by atoms with Gasteiger partial charge in [0.05, 0.1) is 11.0 Å². The lowest BCUT2D eigenvalue weighted by molar-refractivity contribution is 0.510. The average Bonchev–Trinajstić information content (AvgIpc) is 3.07. The monoisotopic (exact) mass is 397 g/mol. The third kappa shape index (κ3) is 2.64. The number of aromatic nitrogens is 5. The molecule has 0 radical (unpaired) electrons. The number of fused-ring (bicyclic) bond motifs is 4. The molecule has 3 heterocycles. The summed E-state index contributed by atoms with van der Waals surface area (Å²) in [5, 5.41) is 0.518. The van der Waals surface area contributed by atoms with Gasteiger partial charge in [-0.3, -0.25) is 13.9 Å². The minimum Gasteiger partial charge on any atom is -0.296 e. The van der Waals surface area contributed by atoms with Gasteiger partial charge in [-0.1, -0.05) is 25.1 Å². The largest absolute Gasteiger partial charge is 0.296 e. The fourth-order valence-electron chi connectivity index (χ4n) is 3.87. The van der Waals surface area contributed by atoms with E-state index in [2.05, 4.69) is 32.9 Å². The lowest BCUT2D eigenvalue weighted by Gasteiger charge is -2.12. The van der Waals surface area contributed by atoms with E-state index < -0.39 is 0 Å². The van der Waals surface area contributed by atoms with Crippen molar-refractivity contribution in [2.24, 2.45) is 0 Å². The van der Waals surface area contributed by atoms with Crippen LogP contribution < -0.4 is 5.56 Å². The van der Waals surface area contributed by atoms with Crippen molar-refractivity contribution in [2.75, 3.05) is 0 Å². The Balaban J connectivity index is 1.98. The molecule has 0 aliphatic carbocycles. The Kier molecular flexibility index (Phi) is 4.17. The Morgan fingerprint density at radius 1 is 0.967 bits per heavy atom. The predicted molar refractivity (Wildman–Crippen MR) is 120 cm³/mol. The molecule has 3 aromatic heterocycles. The molecule has 6 heteroatoms. The molecule has 5 rings (SSSR count). The van der Waals surface area contributed by atoms with Crippen LogP contribution in [0.4, 0.5) is 0 Å². The fraction of sp³-hybridized carbons (Fsp3) is 0.250. The van der Waals surface area contributed by atoms with Gasteiger partial charge in [-0.05, 0) is 62.6 Å². The van der Waals surface area contributed by atoms with Crippen molar-refractivity contribution in [2.45, 2.75) is 40.2 Å². The van der Waals surface area contributed by atoms with Crippen LogP contribution in [0.25, 0.3) is 38.9 Å². The molecule has 2 aromatic carbocycles. The Bertz CT molecular complexity index is 1500. The summed E-state index contributed by atoms with van der Waals surface area (Å²) < 4.78 is 3.66. The highest BCUT2D eigenvalue weighted by Gasteiger charge is 2.21.